The molecule has 1 aliphatic heterocycles. The molecule has 0 aromatic heterocycles. The van der Waals surface area contributed by atoms with E-state index in [0.717, 1.165) is 31.6 Å². The molecule has 0 saturated carbocycles. The number of nitrogens with one attached hydrogen (secondary N) is 2. The molecule has 0 aliphatic carbocycles. The molecule has 6 nitrogen and oxygen atoms in total. The van der Waals surface area contributed by atoms with Crippen molar-refractivity contribution in [3.63, 3.8) is 0 Å². The van der Waals surface area contributed by atoms with Crippen molar-refractivity contribution in [1.82, 2.24) is 10.2 Å². The van der Waals surface area contributed by atoms with Gasteiger partial charge in [-0.2, -0.15) is 0 Å². The predicted molar refractivity (Wildman–Crippen MR) is 92.3 cm³/mol. The van der Waals surface area contributed by atoms with Crippen LogP contribution in [0.25, 0.3) is 0 Å². The summed E-state index contributed by atoms with van der Waals surface area (Å²) in [5, 5.41) is 3.13. The van der Waals surface area contributed by atoms with Gasteiger partial charge in [-0.05, 0) is 57.9 Å². The first kappa shape index (κ1) is 17.3. The number of carbonyl (C=O) groups excluding carboxylic acids is 1. The minimum Gasteiger partial charge on any atom is -0.349 e. The fourth-order valence-electron chi connectivity index (χ4n) is 2.83. The number of benzene rings is 1. The van der Waals surface area contributed by atoms with Gasteiger partial charge in [-0.1, -0.05) is 0 Å². The molecular formula is C17H28N5O+. The van der Waals surface area contributed by atoms with Crippen molar-refractivity contribution in [2.24, 2.45) is 11.5 Å². The van der Waals surface area contributed by atoms with Crippen LogP contribution in [0.15, 0.2) is 24.3 Å². The number of nitrogens with zero attached hydrogens (tertiary/aromatic N) is 1. The SMILES string of the molecule is CC(C)(C)N1CCC(NC(=O)c2ccc([NH+]=C(N)N)cc2)CC1. The van der Waals surface area contributed by atoms with Crippen molar-refractivity contribution in [3.05, 3.63) is 29.8 Å². The van der Waals surface area contributed by atoms with E-state index in [-0.39, 0.29) is 23.4 Å². The zero-order valence-corrected chi connectivity index (χ0v) is 14.2. The zero-order chi connectivity index (χ0) is 17.0. The summed E-state index contributed by atoms with van der Waals surface area (Å²) in [5.74, 6) is 0.100. The van der Waals surface area contributed by atoms with Crippen LogP contribution < -0.4 is 21.8 Å². The average molecular weight is 318 g/mol. The first-order valence-corrected chi connectivity index (χ1v) is 8.06. The number of amides is 1. The number of carbonyl (C=O) groups is 1. The van der Waals surface area contributed by atoms with Gasteiger partial charge >= 0.3 is 5.96 Å². The largest absolute Gasteiger partial charge is 0.349 e. The highest BCUT2D eigenvalue weighted by Gasteiger charge is 2.27. The molecule has 6 N–H and O–H groups in total. The van der Waals surface area contributed by atoms with E-state index in [4.69, 9.17) is 11.5 Å². The van der Waals surface area contributed by atoms with Crippen LogP contribution in [-0.2, 0) is 0 Å². The molecule has 0 atom stereocenters. The Balaban J connectivity index is 1.89. The second-order valence-corrected chi connectivity index (χ2v) is 7.06. The van der Waals surface area contributed by atoms with Gasteiger partial charge in [0.25, 0.3) is 5.91 Å². The molecule has 2 rings (SSSR count). The quantitative estimate of drug-likeness (QED) is 0.453. The van der Waals surface area contributed by atoms with E-state index in [1.807, 2.05) is 0 Å². The molecular weight excluding hydrogens is 290 g/mol. The standard InChI is InChI=1S/C17H27N5O/c1-17(2,3)22-10-8-14(9-11-22)20-15(23)12-4-6-13(7-5-12)21-16(18)19/h4-7,14H,8-11H2,1-3H3,(H,20,23)(H4,18,19,21)/p+1. The number of piperidine rings is 1. The molecule has 1 heterocycles. The van der Waals surface area contributed by atoms with E-state index in [1.54, 1.807) is 24.3 Å². The molecule has 1 aromatic carbocycles. The number of hydrogen-bond acceptors (Lipinski definition) is 2. The third-order valence-electron chi connectivity index (χ3n) is 4.21. The lowest BCUT2D eigenvalue weighted by Gasteiger charge is -2.41. The summed E-state index contributed by atoms with van der Waals surface area (Å²) in [5.41, 5.74) is 12.4. The van der Waals surface area contributed by atoms with Crippen LogP contribution >= 0.6 is 0 Å². The predicted octanol–water partition coefficient (Wildman–Crippen LogP) is -0.335. The van der Waals surface area contributed by atoms with E-state index in [0.29, 0.717) is 5.56 Å². The summed E-state index contributed by atoms with van der Waals surface area (Å²) in [6.45, 7) is 8.72. The van der Waals surface area contributed by atoms with E-state index < -0.39 is 0 Å². The van der Waals surface area contributed by atoms with Crippen LogP contribution in [0.1, 0.15) is 44.0 Å². The summed E-state index contributed by atoms with van der Waals surface area (Å²) >= 11 is 0. The molecule has 6 heteroatoms. The summed E-state index contributed by atoms with van der Waals surface area (Å²) in [7, 11) is 0. The monoisotopic (exact) mass is 318 g/mol. The summed E-state index contributed by atoms with van der Waals surface area (Å²) in [4.78, 5) is 17.6. The third kappa shape index (κ3) is 4.96. The lowest BCUT2D eigenvalue weighted by molar-refractivity contribution is -0.356. The van der Waals surface area contributed by atoms with Crippen LogP contribution in [0.3, 0.4) is 0 Å². The smallest absolute Gasteiger partial charge is 0.343 e. The van der Waals surface area contributed by atoms with Gasteiger partial charge in [-0.3, -0.25) is 21.2 Å². The highest BCUT2D eigenvalue weighted by atomic mass is 16.1. The van der Waals surface area contributed by atoms with E-state index >= 15 is 0 Å². The fourth-order valence-corrected chi connectivity index (χ4v) is 2.83. The first-order chi connectivity index (χ1) is 10.8. The van der Waals surface area contributed by atoms with Crippen LogP contribution in [-0.4, -0.2) is 41.4 Å². The minimum atomic E-state index is -0.0320. The lowest BCUT2D eigenvalue weighted by atomic mass is 9.98. The highest BCUT2D eigenvalue weighted by Crippen LogP contribution is 2.20. The van der Waals surface area contributed by atoms with Crippen molar-refractivity contribution in [2.75, 3.05) is 13.1 Å². The molecule has 0 radical (unpaired) electrons. The summed E-state index contributed by atoms with van der Waals surface area (Å²) in [6, 6.07) is 7.36. The molecule has 0 bridgehead atoms. The maximum absolute atomic E-state index is 12.3. The minimum absolute atomic E-state index is 0.0320. The number of guanidine groups is 1. The molecule has 1 amide bonds. The fraction of sp³-hybridized carbons (Fsp3) is 0.529. The maximum atomic E-state index is 12.3. The first-order valence-electron chi connectivity index (χ1n) is 8.06. The molecule has 1 fully saturated rings. The van der Waals surface area contributed by atoms with Crippen LogP contribution in [0, 0.1) is 0 Å². The summed E-state index contributed by atoms with van der Waals surface area (Å²) < 4.78 is 0. The molecule has 23 heavy (non-hydrogen) atoms. The van der Waals surface area contributed by atoms with Crippen molar-refractivity contribution >= 4 is 17.6 Å². The molecule has 1 saturated heterocycles. The Hall–Kier alpha value is -2.08. The number of hydrogen-bond donors (Lipinski definition) is 4. The van der Waals surface area contributed by atoms with Crippen LogP contribution in [0.5, 0.6) is 0 Å². The Morgan fingerprint density at radius 3 is 2.22 bits per heavy atom. The topological polar surface area (TPSA) is 98.3 Å². The van der Waals surface area contributed by atoms with Gasteiger partial charge in [-0.25, -0.2) is 4.99 Å². The maximum Gasteiger partial charge on any atom is 0.343 e. The number of likely N-dealkylation sites (tertiary alicyclic amines) is 1. The van der Waals surface area contributed by atoms with Crippen molar-refractivity contribution in [2.45, 2.75) is 45.2 Å². The van der Waals surface area contributed by atoms with Gasteiger partial charge in [0, 0.05) is 30.2 Å². The zero-order valence-electron chi connectivity index (χ0n) is 14.2. The molecule has 0 spiro atoms. The molecule has 126 valence electrons. The lowest BCUT2D eigenvalue weighted by Crippen LogP contribution is -2.72. The Kier molecular flexibility index (Phi) is 5.26. The van der Waals surface area contributed by atoms with Crippen molar-refractivity contribution in [1.29, 1.82) is 0 Å². The van der Waals surface area contributed by atoms with Gasteiger partial charge in [-0.15, -0.1) is 0 Å². The second kappa shape index (κ2) is 7.00. The average Bonchev–Trinajstić information content (AvgIpc) is 2.47. The van der Waals surface area contributed by atoms with Gasteiger partial charge < -0.3 is 5.32 Å². The third-order valence-corrected chi connectivity index (χ3v) is 4.21. The van der Waals surface area contributed by atoms with Gasteiger partial charge in [0.1, 0.15) is 0 Å². The van der Waals surface area contributed by atoms with E-state index in [9.17, 15) is 4.79 Å². The van der Waals surface area contributed by atoms with E-state index in [1.165, 1.54) is 0 Å². The summed E-state index contributed by atoms with van der Waals surface area (Å²) in [6.07, 6.45) is 1.97. The molecule has 1 aliphatic rings. The molecule has 0 unspecified atom stereocenters. The van der Waals surface area contributed by atoms with Gasteiger partial charge in [0.05, 0.1) is 5.69 Å². The highest BCUT2D eigenvalue weighted by molar-refractivity contribution is 5.94. The van der Waals surface area contributed by atoms with Crippen LogP contribution in [0.4, 0.5) is 5.69 Å². The Morgan fingerprint density at radius 1 is 1.17 bits per heavy atom. The van der Waals surface area contributed by atoms with E-state index in [2.05, 4.69) is 36.0 Å². The molecule has 1 aromatic rings. The number of nitrogens with two attached hydrogens (primary N) is 2. The second-order valence-electron chi connectivity index (χ2n) is 7.06. The van der Waals surface area contributed by atoms with Gasteiger partial charge in [0.15, 0.2) is 0 Å². The van der Waals surface area contributed by atoms with Crippen molar-refractivity contribution < 1.29 is 9.79 Å². The Labute approximate surface area is 137 Å². The number of rotatable bonds is 3. The van der Waals surface area contributed by atoms with Crippen molar-refractivity contribution in [3.8, 4) is 0 Å². The van der Waals surface area contributed by atoms with Crippen LogP contribution in [0.2, 0.25) is 0 Å². The Bertz CT molecular complexity index is 562. The normalized spacial score (nSPS) is 16.8. The van der Waals surface area contributed by atoms with Gasteiger partial charge in [0.2, 0.25) is 0 Å². The Morgan fingerprint density at radius 2 is 1.74 bits per heavy atom.